The van der Waals surface area contributed by atoms with Crippen LogP contribution in [0.1, 0.15) is 29.4 Å². The topological polar surface area (TPSA) is 118 Å². The van der Waals surface area contributed by atoms with Gasteiger partial charge in [-0.2, -0.15) is 0 Å². The highest BCUT2D eigenvalue weighted by molar-refractivity contribution is 5.94. The summed E-state index contributed by atoms with van der Waals surface area (Å²) in [7, 11) is 0. The quantitative estimate of drug-likeness (QED) is 0.723. The van der Waals surface area contributed by atoms with E-state index in [-0.39, 0.29) is 18.3 Å². The molecule has 2 rings (SSSR count). The molecule has 21 heavy (non-hydrogen) atoms. The Morgan fingerprint density at radius 1 is 1.33 bits per heavy atom. The van der Waals surface area contributed by atoms with Crippen molar-refractivity contribution in [3.8, 4) is 0 Å². The monoisotopic (exact) mass is 294 g/mol. The highest BCUT2D eigenvalue weighted by Crippen LogP contribution is 2.24. The summed E-state index contributed by atoms with van der Waals surface area (Å²) >= 11 is 0. The Bertz CT molecular complexity index is 546. The van der Waals surface area contributed by atoms with E-state index in [2.05, 4.69) is 0 Å². The molecule has 0 unspecified atom stereocenters. The molecule has 0 bridgehead atoms. The molecule has 0 atom stereocenters. The van der Waals surface area contributed by atoms with Gasteiger partial charge in [0.25, 0.3) is 0 Å². The van der Waals surface area contributed by atoms with Gasteiger partial charge in [-0.1, -0.05) is 0 Å². The number of nitrogens with zero attached hydrogens (tertiary/aromatic N) is 2. The summed E-state index contributed by atoms with van der Waals surface area (Å²) in [4.78, 5) is 35.0. The van der Waals surface area contributed by atoms with Crippen molar-refractivity contribution in [1.82, 2.24) is 14.8 Å². The number of piperidine rings is 1. The van der Waals surface area contributed by atoms with Crippen LogP contribution < -0.4 is 11.1 Å². The number of hydrogen-bond donors (Lipinski definition) is 3. The average Bonchev–Trinajstić information content (AvgIpc) is 2.88. The number of likely N-dealkylation sites (tertiary alicyclic amines) is 1. The molecule has 1 fully saturated rings. The lowest BCUT2D eigenvalue weighted by Gasteiger charge is -2.32. The normalized spacial score (nSPS) is 16.6. The van der Waals surface area contributed by atoms with Crippen LogP contribution in [0.15, 0.2) is 18.3 Å². The molecule has 0 radical (unpaired) electrons. The number of nitrogens with two attached hydrogens (primary N) is 1. The van der Waals surface area contributed by atoms with Gasteiger partial charge in [0.05, 0.1) is 6.54 Å². The predicted molar refractivity (Wildman–Crippen MR) is 73.8 cm³/mol. The Kier molecular flexibility index (Phi) is 4.59. The summed E-state index contributed by atoms with van der Waals surface area (Å²) < 4.78 is 1.77. The second-order valence-electron chi connectivity index (χ2n) is 5.03. The van der Waals surface area contributed by atoms with Crippen LogP contribution in [0.5, 0.6) is 0 Å². The summed E-state index contributed by atoms with van der Waals surface area (Å²) in [6.07, 6.45) is 3.27. The number of carboxylic acid groups (broad SMARTS) is 1. The van der Waals surface area contributed by atoms with E-state index in [0.29, 0.717) is 13.1 Å². The largest absolute Gasteiger partial charge is 0.477 e. The lowest BCUT2D eigenvalue weighted by molar-refractivity contribution is -0.121. The Labute approximate surface area is 121 Å². The van der Waals surface area contributed by atoms with Gasteiger partial charge in [-0.25, -0.2) is 9.59 Å². The van der Waals surface area contributed by atoms with Crippen LogP contribution in [0.25, 0.3) is 0 Å². The number of hydrogen-bond acceptors (Lipinski definition) is 4. The molecule has 0 aliphatic carbocycles. The van der Waals surface area contributed by atoms with Gasteiger partial charge in [0.15, 0.2) is 0 Å². The predicted octanol–water partition coefficient (Wildman–Crippen LogP) is 0.0181. The van der Waals surface area contributed by atoms with Crippen molar-refractivity contribution >= 4 is 17.9 Å². The smallest absolute Gasteiger partial charge is 0.352 e. The number of imide groups is 1. The second kappa shape index (κ2) is 6.40. The number of amides is 3. The third kappa shape index (κ3) is 3.82. The number of carbonyl (C=O) groups is 3. The van der Waals surface area contributed by atoms with Crippen molar-refractivity contribution in [1.29, 1.82) is 0 Å². The molecule has 1 aliphatic heterocycles. The summed E-state index contributed by atoms with van der Waals surface area (Å²) in [5.41, 5.74) is 5.16. The zero-order valence-electron chi connectivity index (χ0n) is 11.5. The van der Waals surface area contributed by atoms with Gasteiger partial charge in [-0.05, 0) is 25.0 Å². The lowest BCUT2D eigenvalue weighted by Crippen LogP contribution is -2.45. The Balaban J connectivity index is 1.88. The van der Waals surface area contributed by atoms with Crippen molar-refractivity contribution in [2.24, 2.45) is 5.73 Å². The molecule has 4 N–H and O–H groups in total. The van der Waals surface area contributed by atoms with E-state index in [1.807, 2.05) is 10.2 Å². The van der Waals surface area contributed by atoms with E-state index < -0.39 is 17.9 Å². The molecule has 8 nitrogen and oxygen atoms in total. The minimum atomic E-state index is -0.941. The fourth-order valence-electron chi connectivity index (χ4n) is 2.63. The zero-order valence-corrected chi connectivity index (χ0v) is 11.5. The molecular weight excluding hydrogens is 276 g/mol. The van der Waals surface area contributed by atoms with Crippen LogP contribution in [-0.2, 0) is 4.79 Å². The van der Waals surface area contributed by atoms with Crippen LogP contribution in [0, 0.1) is 0 Å². The Morgan fingerprint density at radius 2 is 2.00 bits per heavy atom. The third-order valence-electron chi connectivity index (χ3n) is 3.58. The first kappa shape index (κ1) is 15.0. The number of aromatic nitrogens is 1. The molecule has 114 valence electrons. The molecule has 1 saturated heterocycles. The van der Waals surface area contributed by atoms with Crippen molar-refractivity contribution in [2.45, 2.75) is 18.9 Å². The SMILES string of the molecule is NC(=O)NC(=O)CN1CCC(n2cccc2C(=O)O)CC1. The average molecular weight is 294 g/mol. The van der Waals surface area contributed by atoms with Crippen LogP contribution in [0.4, 0.5) is 4.79 Å². The van der Waals surface area contributed by atoms with Gasteiger partial charge < -0.3 is 15.4 Å². The number of rotatable bonds is 4. The number of primary amides is 1. The first-order valence-corrected chi connectivity index (χ1v) is 6.69. The maximum atomic E-state index is 11.4. The summed E-state index contributed by atoms with van der Waals surface area (Å²) in [6, 6.07) is 2.56. The number of urea groups is 1. The molecule has 8 heteroatoms. The lowest BCUT2D eigenvalue weighted by atomic mass is 10.0. The molecule has 1 aromatic heterocycles. The van der Waals surface area contributed by atoms with E-state index >= 15 is 0 Å². The molecule has 1 aromatic rings. The first-order valence-electron chi connectivity index (χ1n) is 6.69. The first-order chi connectivity index (χ1) is 9.97. The van der Waals surface area contributed by atoms with E-state index in [4.69, 9.17) is 10.8 Å². The molecule has 0 aromatic carbocycles. The number of carboxylic acids is 1. The number of aromatic carboxylic acids is 1. The maximum absolute atomic E-state index is 11.4. The van der Waals surface area contributed by atoms with Crippen LogP contribution in [0.3, 0.4) is 0 Å². The minimum absolute atomic E-state index is 0.113. The van der Waals surface area contributed by atoms with Crippen LogP contribution >= 0.6 is 0 Å². The van der Waals surface area contributed by atoms with E-state index in [1.165, 1.54) is 0 Å². The molecular formula is C13H18N4O4. The van der Waals surface area contributed by atoms with Gasteiger partial charge in [0.1, 0.15) is 5.69 Å². The standard InChI is InChI=1S/C13H18N4O4/c14-13(21)15-11(18)8-16-6-3-9(4-7-16)17-5-1-2-10(17)12(19)20/h1-2,5,9H,3-4,6-8H2,(H,19,20)(H3,14,15,18,21). The summed E-state index contributed by atoms with van der Waals surface area (Å²) in [5.74, 6) is -1.36. The Hall–Kier alpha value is -2.35. The van der Waals surface area contributed by atoms with Crippen molar-refractivity contribution in [3.63, 3.8) is 0 Å². The fraction of sp³-hybridized carbons (Fsp3) is 0.462. The van der Waals surface area contributed by atoms with Crippen molar-refractivity contribution in [3.05, 3.63) is 24.0 Å². The molecule has 2 heterocycles. The van der Waals surface area contributed by atoms with E-state index in [9.17, 15) is 14.4 Å². The van der Waals surface area contributed by atoms with Gasteiger partial charge in [0, 0.05) is 25.3 Å². The van der Waals surface area contributed by atoms with Gasteiger partial charge >= 0.3 is 12.0 Å². The van der Waals surface area contributed by atoms with Crippen LogP contribution in [0.2, 0.25) is 0 Å². The molecule has 1 aliphatic rings. The van der Waals surface area contributed by atoms with Crippen molar-refractivity contribution in [2.75, 3.05) is 19.6 Å². The minimum Gasteiger partial charge on any atom is -0.477 e. The van der Waals surface area contributed by atoms with E-state index in [0.717, 1.165) is 12.8 Å². The number of carbonyl (C=O) groups excluding carboxylic acids is 2. The third-order valence-corrected chi connectivity index (χ3v) is 3.58. The second-order valence-corrected chi connectivity index (χ2v) is 5.03. The zero-order chi connectivity index (χ0) is 15.4. The van der Waals surface area contributed by atoms with Crippen molar-refractivity contribution < 1.29 is 19.5 Å². The highest BCUT2D eigenvalue weighted by Gasteiger charge is 2.24. The Morgan fingerprint density at radius 3 is 2.57 bits per heavy atom. The fourth-order valence-corrected chi connectivity index (χ4v) is 2.63. The van der Waals surface area contributed by atoms with E-state index in [1.54, 1.807) is 22.9 Å². The highest BCUT2D eigenvalue weighted by atomic mass is 16.4. The van der Waals surface area contributed by atoms with Gasteiger partial charge in [-0.15, -0.1) is 0 Å². The van der Waals surface area contributed by atoms with Gasteiger partial charge in [0.2, 0.25) is 5.91 Å². The maximum Gasteiger partial charge on any atom is 0.352 e. The molecule has 0 spiro atoms. The summed E-state index contributed by atoms with van der Waals surface area (Å²) in [6.45, 7) is 1.44. The van der Waals surface area contributed by atoms with Gasteiger partial charge in [-0.3, -0.25) is 15.0 Å². The molecule has 0 saturated carbocycles. The molecule has 3 amide bonds. The summed E-state index contributed by atoms with van der Waals surface area (Å²) in [5, 5.41) is 11.1. The van der Waals surface area contributed by atoms with Crippen LogP contribution in [-0.4, -0.2) is 52.1 Å². The number of nitrogens with one attached hydrogen (secondary N) is 1.